The van der Waals surface area contributed by atoms with Crippen molar-refractivity contribution in [1.29, 1.82) is 0 Å². The maximum Gasteiger partial charge on any atom is 0.220 e. The molecule has 1 spiro atoms. The van der Waals surface area contributed by atoms with Gasteiger partial charge in [-0.25, -0.2) is 0 Å². The highest BCUT2D eigenvalue weighted by Crippen LogP contribution is 2.49. The molecule has 1 aromatic carbocycles. The molecule has 0 radical (unpaired) electrons. The highest BCUT2D eigenvalue weighted by molar-refractivity contribution is 5.83. The van der Waals surface area contributed by atoms with Crippen molar-refractivity contribution >= 4 is 11.8 Å². The third kappa shape index (κ3) is 4.40. The van der Waals surface area contributed by atoms with Crippen molar-refractivity contribution in [2.75, 3.05) is 6.54 Å². The van der Waals surface area contributed by atoms with Gasteiger partial charge < -0.3 is 11.1 Å². The maximum absolute atomic E-state index is 12.2. The summed E-state index contributed by atoms with van der Waals surface area (Å²) in [5.74, 6) is -0.486. The highest BCUT2D eigenvalue weighted by atomic mass is 16.2. The first kappa shape index (κ1) is 17.9. The normalized spacial score (nSPS) is 25.3. The third-order valence-corrected chi connectivity index (χ3v) is 5.94. The van der Waals surface area contributed by atoms with E-state index in [1.807, 2.05) is 6.07 Å². The van der Waals surface area contributed by atoms with Crippen LogP contribution in [0.1, 0.15) is 51.0 Å². The fourth-order valence-corrected chi connectivity index (χ4v) is 4.28. The molecule has 1 aliphatic carbocycles. The van der Waals surface area contributed by atoms with Gasteiger partial charge in [0.2, 0.25) is 11.8 Å². The van der Waals surface area contributed by atoms with Crippen molar-refractivity contribution in [2.45, 2.75) is 64.1 Å². The first-order chi connectivity index (χ1) is 12.0. The van der Waals surface area contributed by atoms with Gasteiger partial charge in [-0.15, -0.1) is 0 Å². The fourth-order valence-electron chi connectivity index (χ4n) is 4.28. The average molecular weight is 343 g/mol. The third-order valence-electron chi connectivity index (χ3n) is 5.94. The lowest BCUT2D eigenvalue weighted by molar-refractivity contribution is -0.127. The molecule has 25 heavy (non-hydrogen) atoms. The van der Waals surface area contributed by atoms with Gasteiger partial charge >= 0.3 is 0 Å². The molecule has 136 valence electrons. The Morgan fingerprint density at radius 3 is 2.56 bits per heavy atom. The maximum atomic E-state index is 12.2. The van der Waals surface area contributed by atoms with E-state index in [4.69, 9.17) is 5.73 Å². The van der Waals surface area contributed by atoms with Gasteiger partial charge in [-0.2, -0.15) is 0 Å². The predicted octanol–water partition coefficient (Wildman–Crippen LogP) is 2.20. The quantitative estimate of drug-likeness (QED) is 0.831. The molecule has 1 aromatic rings. The monoisotopic (exact) mass is 343 g/mol. The number of benzene rings is 1. The average Bonchev–Trinajstić information content (AvgIpc) is 2.56. The Hall–Kier alpha value is -1.88. The van der Waals surface area contributed by atoms with Gasteiger partial charge in [0, 0.05) is 38.0 Å². The number of nitrogens with zero attached hydrogens (tertiary/aromatic N) is 1. The van der Waals surface area contributed by atoms with Crippen molar-refractivity contribution in [1.82, 2.24) is 10.2 Å². The van der Waals surface area contributed by atoms with E-state index in [0.29, 0.717) is 5.41 Å². The molecule has 1 heterocycles. The van der Waals surface area contributed by atoms with Crippen LogP contribution in [0, 0.1) is 5.41 Å². The van der Waals surface area contributed by atoms with Crippen LogP contribution in [0.5, 0.6) is 0 Å². The summed E-state index contributed by atoms with van der Waals surface area (Å²) in [5, 5.41) is 3.17. The number of likely N-dealkylation sites (tertiary alicyclic amines) is 1. The Labute approximate surface area is 150 Å². The van der Waals surface area contributed by atoms with Gasteiger partial charge in [0.25, 0.3) is 0 Å². The van der Waals surface area contributed by atoms with Gasteiger partial charge in [-0.05, 0) is 37.2 Å². The zero-order chi connectivity index (χ0) is 17.9. The second-order valence-electron chi connectivity index (χ2n) is 7.83. The van der Waals surface area contributed by atoms with E-state index >= 15 is 0 Å². The molecule has 5 heteroatoms. The predicted molar refractivity (Wildman–Crippen MR) is 97.6 cm³/mol. The molecule has 3 N–H and O–H groups in total. The summed E-state index contributed by atoms with van der Waals surface area (Å²) >= 11 is 0. The van der Waals surface area contributed by atoms with Gasteiger partial charge in [0.15, 0.2) is 0 Å². The van der Waals surface area contributed by atoms with Crippen LogP contribution in [-0.2, 0) is 16.1 Å². The molecule has 1 saturated heterocycles. The summed E-state index contributed by atoms with van der Waals surface area (Å²) < 4.78 is 0. The molecule has 3 rings (SSSR count). The zero-order valence-electron chi connectivity index (χ0n) is 15.0. The van der Waals surface area contributed by atoms with Crippen molar-refractivity contribution in [2.24, 2.45) is 11.1 Å². The Kier molecular flexibility index (Phi) is 5.42. The number of piperidine rings is 1. The SMILES string of the molecule is C[C@@H]1[C@@H](NC(=O)CCC(N)=O)CC2(CCC2)CN1Cc1ccccc1. The number of rotatable bonds is 6. The lowest BCUT2D eigenvalue weighted by atomic mass is 9.62. The number of carbonyl (C=O) groups excluding carboxylic acids is 2. The van der Waals surface area contributed by atoms with Gasteiger partial charge in [0.05, 0.1) is 0 Å². The molecule has 0 aromatic heterocycles. The molecular formula is C20H29N3O2. The molecule has 0 unspecified atom stereocenters. The van der Waals surface area contributed by atoms with Crippen LogP contribution in [0.4, 0.5) is 0 Å². The standard InChI is InChI=1S/C20H29N3O2/c1-15-17(22-19(25)9-8-18(21)24)12-20(10-5-11-20)14-23(15)13-16-6-3-2-4-7-16/h2-4,6-7,15,17H,5,8-14H2,1H3,(H2,21,24)(H,22,25)/t15-,17+/m1/s1. The van der Waals surface area contributed by atoms with Crippen molar-refractivity contribution in [3.8, 4) is 0 Å². The van der Waals surface area contributed by atoms with E-state index in [9.17, 15) is 9.59 Å². The van der Waals surface area contributed by atoms with Crippen molar-refractivity contribution < 1.29 is 9.59 Å². The van der Waals surface area contributed by atoms with Gasteiger partial charge in [-0.1, -0.05) is 36.8 Å². The van der Waals surface area contributed by atoms with Crippen LogP contribution in [-0.4, -0.2) is 35.3 Å². The van der Waals surface area contributed by atoms with E-state index in [0.717, 1.165) is 19.5 Å². The van der Waals surface area contributed by atoms with Crippen LogP contribution in [0.15, 0.2) is 30.3 Å². The summed E-state index contributed by atoms with van der Waals surface area (Å²) in [5.41, 5.74) is 6.82. The Balaban J connectivity index is 1.67. The Morgan fingerprint density at radius 2 is 1.96 bits per heavy atom. The topological polar surface area (TPSA) is 75.4 Å². The second kappa shape index (κ2) is 7.56. The lowest BCUT2D eigenvalue weighted by Crippen LogP contribution is -2.61. The summed E-state index contributed by atoms with van der Waals surface area (Å²) in [7, 11) is 0. The largest absolute Gasteiger partial charge is 0.370 e. The Morgan fingerprint density at radius 1 is 1.24 bits per heavy atom. The zero-order valence-corrected chi connectivity index (χ0v) is 15.0. The van der Waals surface area contributed by atoms with Crippen LogP contribution < -0.4 is 11.1 Å². The number of nitrogens with two attached hydrogens (primary N) is 1. The van der Waals surface area contributed by atoms with E-state index in [-0.39, 0.29) is 30.8 Å². The molecule has 5 nitrogen and oxygen atoms in total. The van der Waals surface area contributed by atoms with Crippen molar-refractivity contribution in [3.05, 3.63) is 35.9 Å². The summed E-state index contributed by atoms with van der Waals surface area (Å²) in [6, 6.07) is 10.9. The number of carbonyl (C=O) groups is 2. The molecule has 2 amide bonds. The van der Waals surface area contributed by atoms with E-state index in [1.165, 1.54) is 24.8 Å². The van der Waals surface area contributed by atoms with Gasteiger partial charge in [0.1, 0.15) is 0 Å². The molecular weight excluding hydrogens is 314 g/mol. The first-order valence-electron chi connectivity index (χ1n) is 9.33. The Bertz CT molecular complexity index is 613. The fraction of sp³-hybridized carbons (Fsp3) is 0.600. The van der Waals surface area contributed by atoms with Crippen LogP contribution in [0.25, 0.3) is 0 Å². The van der Waals surface area contributed by atoms with E-state index in [1.54, 1.807) is 0 Å². The van der Waals surface area contributed by atoms with Crippen LogP contribution in [0.3, 0.4) is 0 Å². The minimum atomic E-state index is -0.423. The van der Waals surface area contributed by atoms with Crippen LogP contribution in [0.2, 0.25) is 0 Å². The minimum Gasteiger partial charge on any atom is -0.370 e. The van der Waals surface area contributed by atoms with Gasteiger partial charge in [-0.3, -0.25) is 14.5 Å². The smallest absolute Gasteiger partial charge is 0.220 e. The summed E-state index contributed by atoms with van der Waals surface area (Å²) in [6.07, 6.45) is 5.13. The molecule has 2 aliphatic rings. The number of primary amides is 1. The number of nitrogens with one attached hydrogen (secondary N) is 1. The highest BCUT2D eigenvalue weighted by Gasteiger charge is 2.46. The minimum absolute atomic E-state index is 0.0633. The number of hydrogen-bond acceptors (Lipinski definition) is 3. The molecule has 0 bridgehead atoms. The number of amides is 2. The number of hydrogen-bond donors (Lipinski definition) is 2. The summed E-state index contributed by atoms with van der Waals surface area (Å²) in [6.45, 7) is 4.22. The van der Waals surface area contributed by atoms with Crippen LogP contribution >= 0.6 is 0 Å². The summed E-state index contributed by atoms with van der Waals surface area (Å²) in [4.78, 5) is 25.6. The lowest BCUT2D eigenvalue weighted by Gasteiger charge is -2.54. The van der Waals surface area contributed by atoms with E-state index < -0.39 is 5.91 Å². The molecule has 1 aliphatic heterocycles. The second-order valence-corrected chi connectivity index (χ2v) is 7.83. The molecule has 2 fully saturated rings. The first-order valence-corrected chi connectivity index (χ1v) is 9.33. The molecule has 1 saturated carbocycles. The van der Waals surface area contributed by atoms with E-state index in [2.05, 4.69) is 41.4 Å². The van der Waals surface area contributed by atoms with Crippen molar-refractivity contribution in [3.63, 3.8) is 0 Å². The molecule has 2 atom stereocenters.